The molecule has 0 bridgehead atoms. The zero-order valence-electron chi connectivity index (χ0n) is 16.7. The van der Waals surface area contributed by atoms with Crippen LogP contribution >= 0.6 is 0 Å². The molecule has 0 radical (unpaired) electrons. The van der Waals surface area contributed by atoms with Crippen molar-refractivity contribution in [1.82, 2.24) is 29.5 Å². The van der Waals surface area contributed by atoms with Gasteiger partial charge in [-0.25, -0.2) is 23.9 Å². The summed E-state index contributed by atoms with van der Waals surface area (Å²) in [7, 11) is 0. The fraction of sp³-hybridized carbons (Fsp3) is 0.0870. The number of hydrogen-bond acceptors (Lipinski definition) is 6. The SMILES string of the molecule is Cc1cc(-c2ccc(CNc3ncnc(-c4ccc5ncnn5c4)c3F)cc2)ccn1. The molecule has 5 aromatic rings. The first kappa shape index (κ1) is 18.8. The second kappa shape index (κ2) is 7.91. The third-order valence-corrected chi connectivity index (χ3v) is 4.98. The van der Waals surface area contributed by atoms with Crippen LogP contribution in [0.15, 0.2) is 73.6 Å². The van der Waals surface area contributed by atoms with E-state index in [1.807, 2.05) is 43.3 Å². The first-order valence-electron chi connectivity index (χ1n) is 9.73. The number of hydrogen-bond donors (Lipinski definition) is 1. The van der Waals surface area contributed by atoms with E-state index in [1.54, 1.807) is 29.0 Å². The number of anilines is 1. The summed E-state index contributed by atoms with van der Waals surface area (Å²) in [6, 6.07) is 15.7. The van der Waals surface area contributed by atoms with Gasteiger partial charge < -0.3 is 5.32 Å². The van der Waals surface area contributed by atoms with Crippen molar-refractivity contribution in [2.24, 2.45) is 0 Å². The molecule has 0 saturated heterocycles. The molecule has 0 atom stereocenters. The molecular formula is C23H18FN7. The Balaban J connectivity index is 1.34. The van der Waals surface area contributed by atoms with E-state index in [0.717, 1.165) is 22.4 Å². The summed E-state index contributed by atoms with van der Waals surface area (Å²) in [6.07, 6.45) is 6.29. The number of nitrogens with one attached hydrogen (secondary N) is 1. The Morgan fingerprint density at radius 1 is 0.871 bits per heavy atom. The number of pyridine rings is 2. The molecule has 0 aliphatic rings. The predicted octanol–water partition coefficient (Wildman–Crippen LogP) is 4.31. The monoisotopic (exact) mass is 411 g/mol. The molecule has 1 aromatic carbocycles. The second-order valence-electron chi connectivity index (χ2n) is 7.10. The summed E-state index contributed by atoms with van der Waals surface area (Å²) in [5.41, 5.74) is 5.69. The fourth-order valence-electron chi connectivity index (χ4n) is 3.38. The van der Waals surface area contributed by atoms with Crippen LogP contribution in [0.2, 0.25) is 0 Å². The Hall–Kier alpha value is -4.20. The summed E-state index contributed by atoms with van der Waals surface area (Å²) in [5, 5.41) is 7.16. The average Bonchev–Trinajstić information content (AvgIpc) is 3.27. The maximum atomic E-state index is 15.1. The molecule has 0 aliphatic carbocycles. The smallest absolute Gasteiger partial charge is 0.191 e. The lowest BCUT2D eigenvalue weighted by atomic mass is 10.0. The highest BCUT2D eigenvalue weighted by Crippen LogP contribution is 2.25. The van der Waals surface area contributed by atoms with Crippen molar-refractivity contribution in [3.63, 3.8) is 0 Å². The van der Waals surface area contributed by atoms with Gasteiger partial charge in [-0.1, -0.05) is 24.3 Å². The van der Waals surface area contributed by atoms with E-state index < -0.39 is 5.82 Å². The summed E-state index contributed by atoms with van der Waals surface area (Å²) in [6.45, 7) is 2.40. The molecule has 0 saturated carbocycles. The quantitative estimate of drug-likeness (QED) is 0.464. The topological polar surface area (TPSA) is 80.9 Å². The van der Waals surface area contributed by atoms with Gasteiger partial charge in [-0.2, -0.15) is 5.10 Å². The van der Waals surface area contributed by atoms with Crippen LogP contribution in [0.25, 0.3) is 28.0 Å². The Labute approximate surface area is 177 Å². The Bertz CT molecular complexity index is 1360. The fourth-order valence-corrected chi connectivity index (χ4v) is 3.38. The number of benzene rings is 1. The van der Waals surface area contributed by atoms with Crippen molar-refractivity contribution in [3.8, 4) is 22.4 Å². The molecule has 0 aliphatic heterocycles. The van der Waals surface area contributed by atoms with Crippen LogP contribution in [0.3, 0.4) is 0 Å². The molecule has 0 unspecified atom stereocenters. The molecule has 4 aromatic heterocycles. The van der Waals surface area contributed by atoms with E-state index in [4.69, 9.17) is 0 Å². The molecule has 0 amide bonds. The van der Waals surface area contributed by atoms with Gasteiger partial charge in [-0.3, -0.25) is 4.98 Å². The molecule has 8 heteroatoms. The highest BCUT2D eigenvalue weighted by molar-refractivity contribution is 5.65. The van der Waals surface area contributed by atoms with Gasteiger partial charge in [0.15, 0.2) is 17.3 Å². The number of aryl methyl sites for hydroxylation is 1. The van der Waals surface area contributed by atoms with Crippen molar-refractivity contribution in [1.29, 1.82) is 0 Å². The van der Waals surface area contributed by atoms with Crippen molar-refractivity contribution in [3.05, 3.63) is 90.7 Å². The minimum absolute atomic E-state index is 0.150. The van der Waals surface area contributed by atoms with Crippen LogP contribution in [-0.4, -0.2) is 29.5 Å². The van der Waals surface area contributed by atoms with Crippen molar-refractivity contribution in [2.75, 3.05) is 5.32 Å². The zero-order chi connectivity index (χ0) is 21.2. The van der Waals surface area contributed by atoms with E-state index in [1.165, 1.54) is 12.7 Å². The molecule has 5 rings (SSSR count). The van der Waals surface area contributed by atoms with Crippen LogP contribution in [-0.2, 0) is 6.54 Å². The van der Waals surface area contributed by atoms with Gasteiger partial charge in [0, 0.05) is 30.2 Å². The molecular weight excluding hydrogens is 393 g/mol. The van der Waals surface area contributed by atoms with Crippen molar-refractivity contribution in [2.45, 2.75) is 13.5 Å². The van der Waals surface area contributed by atoms with Crippen molar-refractivity contribution < 1.29 is 4.39 Å². The van der Waals surface area contributed by atoms with E-state index >= 15 is 4.39 Å². The summed E-state index contributed by atoms with van der Waals surface area (Å²) < 4.78 is 16.7. The standard InChI is InChI=1S/C23H18FN7/c1-15-10-18(8-9-25-15)17-4-2-16(3-5-17)11-26-23-21(24)22(28-13-29-23)19-6-7-20-27-14-30-31(20)12-19/h2-10,12-14H,11H2,1H3,(H,26,28,29). The third kappa shape index (κ3) is 3.83. The van der Waals surface area contributed by atoms with Crippen LogP contribution in [0.5, 0.6) is 0 Å². The lowest BCUT2D eigenvalue weighted by molar-refractivity contribution is 0.621. The van der Waals surface area contributed by atoms with Crippen LogP contribution < -0.4 is 5.32 Å². The highest BCUT2D eigenvalue weighted by atomic mass is 19.1. The number of nitrogens with zero attached hydrogens (tertiary/aromatic N) is 6. The number of halogens is 1. The minimum atomic E-state index is -0.508. The number of rotatable bonds is 5. The van der Waals surface area contributed by atoms with Crippen LogP contribution in [0.4, 0.5) is 10.2 Å². The number of fused-ring (bicyclic) bond motifs is 1. The average molecular weight is 411 g/mol. The molecule has 7 nitrogen and oxygen atoms in total. The summed E-state index contributed by atoms with van der Waals surface area (Å²) in [5.74, 6) is -0.358. The normalized spacial score (nSPS) is 11.0. The van der Waals surface area contributed by atoms with Crippen LogP contribution in [0, 0.1) is 12.7 Å². The van der Waals surface area contributed by atoms with E-state index in [0.29, 0.717) is 17.8 Å². The first-order valence-corrected chi connectivity index (χ1v) is 9.73. The van der Waals surface area contributed by atoms with Gasteiger partial charge in [0.2, 0.25) is 0 Å². The van der Waals surface area contributed by atoms with Gasteiger partial charge >= 0.3 is 0 Å². The number of aromatic nitrogens is 6. The maximum absolute atomic E-state index is 15.1. The minimum Gasteiger partial charge on any atom is -0.363 e. The molecule has 152 valence electrons. The summed E-state index contributed by atoms with van der Waals surface area (Å²) in [4.78, 5) is 16.5. The van der Waals surface area contributed by atoms with E-state index in [2.05, 4.69) is 30.4 Å². The second-order valence-corrected chi connectivity index (χ2v) is 7.10. The molecule has 4 heterocycles. The van der Waals surface area contributed by atoms with Gasteiger partial charge in [0.05, 0.1) is 0 Å². The molecule has 0 fully saturated rings. The largest absolute Gasteiger partial charge is 0.363 e. The van der Waals surface area contributed by atoms with Gasteiger partial charge in [0.1, 0.15) is 18.3 Å². The van der Waals surface area contributed by atoms with Gasteiger partial charge in [-0.05, 0) is 47.9 Å². The third-order valence-electron chi connectivity index (χ3n) is 4.98. The first-order chi connectivity index (χ1) is 15.2. The summed E-state index contributed by atoms with van der Waals surface area (Å²) >= 11 is 0. The van der Waals surface area contributed by atoms with Crippen LogP contribution in [0.1, 0.15) is 11.3 Å². The maximum Gasteiger partial charge on any atom is 0.191 e. The Kier molecular flexibility index (Phi) is 4.80. The molecule has 1 N–H and O–H groups in total. The van der Waals surface area contributed by atoms with E-state index in [-0.39, 0.29) is 11.5 Å². The highest BCUT2D eigenvalue weighted by Gasteiger charge is 2.14. The van der Waals surface area contributed by atoms with Crippen molar-refractivity contribution >= 4 is 11.5 Å². The van der Waals surface area contributed by atoms with Gasteiger partial charge in [-0.15, -0.1) is 0 Å². The molecule has 31 heavy (non-hydrogen) atoms. The Morgan fingerprint density at radius 2 is 1.71 bits per heavy atom. The predicted molar refractivity (Wildman–Crippen MR) is 116 cm³/mol. The zero-order valence-corrected chi connectivity index (χ0v) is 16.7. The Morgan fingerprint density at radius 3 is 2.55 bits per heavy atom. The van der Waals surface area contributed by atoms with Gasteiger partial charge in [0.25, 0.3) is 0 Å². The lowest BCUT2D eigenvalue weighted by Gasteiger charge is -2.10. The lowest BCUT2D eigenvalue weighted by Crippen LogP contribution is -2.06. The molecule has 0 spiro atoms. The van der Waals surface area contributed by atoms with E-state index in [9.17, 15) is 0 Å².